The second-order valence-corrected chi connectivity index (χ2v) is 13.9. The van der Waals surface area contributed by atoms with E-state index in [0.29, 0.717) is 38.3 Å². The van der Waals surface area contributed by atoms with E-state index in [2.05, 4.69) is 33.5 Å². The van der Waals surface area contributed by atoms with E-state index in [1.807, 2.05) is 4.90 Å². The lowest BCUT2D eigenvalue weighted by atomic mass is 9.70. The molecule has 2 amide bonds. The number of likely N-dealkylation sites (tertiary alicyclic amines) is 1. The van der Waals surface area contributed by atoms with Gasteiger partial charge in [-0.1, -0.05) is 12.8 Å². The van der Waals surface area contributed by atoms with Crippen LogP contribution in [0.3, 0.4) is 0 Å². The first kappa shape index (κ1) is 27.5. The van der Waals surface area contributed by atoms with Crippen LogP contribution >= 0.6 is 23.4 Å². The van der Waals surface area contributed by atoms with E-state index in [-0.39, 0.29) is 64.1 Å². The molecule has 5 aliphatic heterocycles. The Kier molecular flexibility index (Phi) is 8.45. The van der Waals surface area contributed by atoms with Crippen LogP contribution in [0.2, 0.25) is 0 Å². The first-order valence-electron chi connectivity index (χ1n) is 14.5. The van der Waals surface area contributed by atoms with Gasteiger partial charge in [0.25, 0.3) is 5.91 Å². The van der Waals surface area contributed by atoms with Crippen LogP contribution in [0.5, 0.6) is 0 Å². The molecule has 0 bridgehead atoms. The first-order chi connectivity index (χ1) is 18.4. The maximum Gasteiger partial charge on any atom is 0.266 e. The molecule has 6 rings (SSSR count). The fourth-order valence-electron chi connectivity index (χ4n) is 7.60. The van der Waals surface area contributed by atoms with E-state index in [9.17, 15) is 9.59 Å². The molecule has 0 aromatic rings. The van der Waals surface area contributed by atoms with Crippen LogP contribution in [0, 0.1) is 17.8 Å². The SMILES string of the molecule is COC1CNC(Cl)CC1C1CC(C)NCC1C(=O)NC1NC2CN(C(=O)C3NC4CCCCC4O3)CC2S1. The number of nitrogens with one attached hydrogen (secondary N) is 5. The van der Waals surface area contributed by atoms with Crippen molar-refractivity contribution in [3.8, 4) is 0 Å². The number of hydrogen-bond acceptors (Lipinski definition) is 9. The highest BCUT2D eigenvalue weighted by Crippen LogP contribution is 2.39. The van der Waals surface area contributed by atoms with E-state index in [1.165, 1.54) is 12.8 Å². The van der Waals surface area contributed by atoms with Crippen molar-refractivity contribution in [2.75, 3.05) is 33.3 Å². The van der Waals surface area contributed by atoms with Crippen LogP contribution in [0.1, 0.15) is 45.4 Å². The molecule has 6 fully saturated rings. The van der Waals surface area contributed by atoms with E-state index in [0.717, 1.165) is 25.7 Å². The summed E-state index contributed by atoms with van der Waals surface area (Å²) in [5.41, 5.74) is -0.239. The number of amides is 2. The Bertz CT molecular complexity index is 861. The third kappa shape index (κ3) is 5.59. The van der Waals surface area contributed by atoms with Gasteiger partial charge in [0.2, 0.25) is 5.91 Å². The molecular formula is C26H43ClN6O4S. The highest BCUT2D eigenvalue weighted by atomic mass is 35.5. The number of halogens is 1. The summed E-state index contributed by atoms with van der Waals surface area (Å²) >= 11 is 8.21. The minimum Gasteiger partial charge on any atom is -0.380 e. The molecule has 0 radical (unpaired) electrons. The molecule has 12 heteroatoms. The van der Waals surface area contributed by atoms with Gasteiger partial charge in [0.15, 0.2) is 6.23 Å². The van der Waals surface area contributed by atoms with Crippen molar-refractivity contribution < 1.29 is 19.1 Å². The van der Waals surface area contributed by atoms with Crippen molar-refractivity contribution in [3.05, 3.63) is 0 Å². The number of carbonyl (C=O) groups excluding carboxylic acids is 2. The number of methoxy groups -OCH3 is 1. The van der Waals surface area contributed by atoms with Gasteiger partial charge in [-0.3, -0.25) is 25.5 Å². The molecular weight excluding hydrogens is 528 g/mol. The van der Waals surface area contributed by atoms with Crippen molar-refractivity contribution in [3.63, 3.8) is 0 Å². The molecule has 10 nitrogen and oxygen atoms in total. The molecule has 0 spiro atoms. The molecule has 1 saturated carbocycles. The summed E-state index contributed by atoms with van der Waals surface area (Å²) in [7, 11) is 1.75. The standard InChI is InChI=1S/C26H43ClN6O4S/c1-13-7-14(15-8-22(27)29-10-20(15)36-2)16(9-28-13)23(34)32-26-31-18-11-33(12-21(18)38-26)25(35)24-30-17-5-3-4-6-19(17)37-24/h13-22,24,26,28-31H,3-12H2,1-2H3,(H,32,34). The first-order valence-corrected chi connectivity index (χ1v) is 15.8. The normalized spacial score (nSPS) is 47.0. The van der Waals surface area contributed by atoms with Gasteiger partial charge in [0, 0.05) is 56.7 Å². The molecule has 0 aromatic heterocycles. The zero-order valence-corrected chi connectivity index (χ0v) is 23.9. The maximum absolute atomic E-state index is 13.6. The molecule has 0 aromatic carbocycles. The summed E-state index contributed by atoms with van der Waals surface area (Å²) in [4.78, 5) is 28.7. The molecule has 5 N–H and O–H groups in total. The molecule has 5 heterocycles. The lowest BCUT2D eigenvalue weighted by molar-refractivity contribution is -0.143. The Hall–Kier alpha value is -0.660. The van der Waals surface area contributed by atoms with Gasteiger partial charge in [0.05, 0.1) is 23.6 Å². The Morgan fingerprint density at radius 1 is 1.05 bits per heavy atom. The highest BCUT2D eigenvalue weighted by Gasteiger charge is 2.49. The summed E-state index contributed by atoms with van der Waals surface area (Å²) in [6.45, 7) is 4.88. The number of fused-ring (bicyclic) bond motifs is 2. The number of nitrogens with zero attached hydrogens (tertiary/aromatic N) is 1. The van der Waals surface area contributed by atoms with Crippen molar-refractivity contribution >= 4 is 35.2 Å². The predicted molar refractivity (Wildman–Crippen MR) is 146 cm³/mol. The second kappa shape index (κ2) is 11.7. The van der Waals surface area contributed by atoms with Gasteiger partial charge in [-0.2, -0.15) is 0 Å². The number of ether oxygens (including phenoxy) is 2. The summed E-state index contributed by atoms with van der Waals surface area (Å²) in [6.07, 6.45) is 5.95. The molecule has 1 aliphatic carbocycles. The van der Waals surface area contributed by atoms with Crippen LogP contribution in [0.25, 0.3) is 0 Å². The largest absolute Gasteiger partial charge is 0.380 e. The van der Waals surface area contributed by atoms with Crippen molar-refractivity contribution in [1.82, 2.24) is 31.5 Å². The quantitative estimate of drug-likeness (QED) is 0.236. The zero-order chi connectivity index (χ0) is 26.4. The van der Waals surface area contributed by atoms with Crippen molar-refractivity contribution in [1.29, 1.82) is 0 Å². The minimum absolute atomic E-state index is 0.0503. The number of hydrogen-bond donors (Lipinski definition) is 5. The van der Waals surface area contributed by atoms with Gasteiger partial charge in [-0.05, 0) is 44.4 Å². The summed E-state index contributed by atoms with van der Waals surface area (Å²) in [6, 6.07) is 0.833. The minimum atomic E-state index is -0.515. The lowest BCUT2D eigenvalue weighted by Crippen LogP contribution is -2.57. The van der Waals surface area contributed by atoms with Gasteiger partial charge >= 0.3 is 0 Å². The molecule has 5 saturated heterocycles. The average Bonchev–Trinajstić information content (AvgIpc) is 3.61. The molecule has 38 heavy (non-hydrogen) atoms. The Labute approximate surface area is 234 Å². The monoisotopic (exact) mass is 570 g/mol. The Morgan fingerprint density at radius 2 is 1.89 bits per heavy atom. The zero-order valence-electron chi connectivity index (χ0n) is 22.4. The number of piperidine rings is 2. The van der Waals surface area contributed by atoms with E-state index < -0.39 is 6.23 Å². The van der Waals surface area contributed by atoms with E-state index in [1.54, 1.807) is 18.9 Å². The predicted octanol–water partition coefficient (Wildman–Crippen LogP) is 0.363. The Morgan fingerprint density at radius 3 is 2.68 bits per heavy atom. The third-order valence-corrected chi connectivity index (χ3v) is 11.3. The molecule has 6 aliphatic rings. The fourth-order valence-corrected chi connectivity index (χ4v) is 9.30. The molecule has 12 unspecified atom stereocenters. The van der Waals surface area contributed by atoms with Crippen LogP contribution in [-0.2, 0) is 19.1 Å². The van der Waals surface area contributed by atoms with Gasteiger partial charge in [-0.25, -0.2) is 0 Å². The number of alkyl halides is 1. The van der Waals surface area contributed by atoms with Gasteiger partial charge in [-0.15, -0.1) is 23.4 Å². The number of thioether (sulfide) groups is 1. The van der Waals surface area contributed by atoms with E-state index in [4.69, 9.17) is 21.1 Å². The topological polar surface area (TPSA) is 116 Å². The third-order valence-electron chi connectivity index (χ3n) is 9.65. The molecule has 214 valence electrons. The fraction of sp³-hybridized carbons (Fsp3) is 0.923. The maximum atomic E-state index is 13.6. The summed E-state index contributed by atoms with van der Waals surface area (Å²) in [5.74, 6) is 0.446. The van der Waals surface area contributed by atoms with Crippen molar-refractivity contribution in [2.24, 2.45) is 17.8 Å². The van der Waals surface area contributed by atoms with Crippen molar-refractivity contribution in [2.45, 2.75) is 98.3 Å². The summed E-state index contributed by atoms with van der Waals surface area (Å²) < 4.78 is 11.9. The molecule has 12 atom stereocenters. The van der Waals surface area contributed by atoms with Crippen LogP contribution in [0.4, 0.5) is 0 Å². The smallest absolute Gasteiger partial charge is 0.266 e. The number of carbonyl (C=O) groups is 2. The van der Waals surface area contributed by atoms with Crippen LogP contribution in [-0.4, -0.2) is 103 Å². The second-order valence-electron chi connectivity index (χ2n) is 12.1. The number of rotatable bonds is 5. The van der Waals surface area contributed by atoms with Gasteiger partial charge < -0.3 is 25.0 Å². The lowest BCUT2D eigenvalue weighted by Gasteiger charge is -2.45. The summed E-state index contributed by atoms with van der Waals surface area (Å²) in [5, 5.41) is 17.4. The van der Waals surface area contributed by atoms with Crippen LogP contribution < -0.4 is 26.6 Å². The Balaban J connectivity index is 1.02. The highest BCUT2D eigenvalue weighted by molar-refractivity contribution is 8.00. The van der Waals surface area contributed by atoms with Crippen LogP contribution in [0.15, 0.2) is 0 Å². The van der Waals surface area contributed by atoms with Gasteiger partial charge in [0.1, 0.15) is 5.50 Å². The van der Waals surface area contributed by atoms with E-state index >= 15 is 0 Å². The average molecular weight is 571 g/mol.